The molecule has 0 saturated heterocycles. The number of esters is 1. The highest BCUT2D eigenvalue weighted by molar-refractivity contribution is 5.89. The zero-order valence-electron chi connectivity index (χ0n) is 30.0. The van der Waals surface area contributed by atoms with E-state index in [0.29, 0.717) is 11.4 Å². The Morgan fingerprint density at radius 3 is 2.11 bits per heavy atom. The number of benzene rings is 2. The number of fused-ring (bicyclic) bond motifs is 1. The molecule has 0 fully saturated rings. The Morgan fingerprint density at radius 2 is 1.48 bits per heavy atom. The first-order chi connectivity index (χ1) is 22.0. The van der Waals surface area contributed by atoms with Gasteiger partial charge >= 0.3 is 5.97 Å². The van der Waals surface area contributed by atoms with Gasteiger partial charge in [-0.1, -0.05) is 109 Å². The molecule has 250 valence electrons. The molecule has 1 aliphatic rings. The number of ether oxygens (including phenoxy) is 2. The number of carbonyl (C=O) groups is 1. The van der Waals surface area contributed by atoms with Crippen molar-refractivity contribution < 1.29 is 14.3 Å². The molecule has 3 atom stereocenters. The summed E-state index contributed by atoms with van der Waals surface area (Å²) in [5, 5.41) is 0. The molecule has 0 spiro atoms. The van der Waals surface area contributed by atoms with Crippen molar-refractivity contribution >= 4 is 5.97 Å². The second-order valence-corrected chi connectivity index (χ2v) is 15.0. The van der Waals surface area contributed by atoms with Crippen molar-refractivity contribution in [3.63, 3.8) is 0 Å². The zero-order valence-corrected chi connectivity index (χ0v) is 30.0. The first-order valence-corrected chi connectivity index (χ1v) is 18.0. The van der Waals surface area contributed by atoms with Crippen LogP contribution in [0.15, 0.2) is 48.7 Å². The van der Waals surface area contributed by atoms with E-state index in [1.807, 2.05) is 31.2 Å². The van der Waals surface area contributed by atoms with Crippen LogP contribution < -0.4 is 9.47 Å². The molecule has 4 rings (SSSR count). The minimum Gasteiger partial charge on any atom is -0.487 e. The highest BCUT2D eigenvalue weighted by Crippen LogP contribution is 2.45. The van der Waals surface area contributed by atoms with Crippen LogP contribution in [0.4, 0.5) is 0 Å². The number of hydrogen-bond donors (Lipinski definition) is 0. The van der Waals surface area contributed by atoms with E-state index in [2.05, 4.69) is 65.6 Å². The SMILES string of the molecule is Cc1c(C)c2c(c(C)c1OC(=O)c1ccc(Cc3ccccc3)cn1)CC[C@@](C)(CCC[C@H](C)CCC[C@H](C)CCCC(C)C)O2. The van der Waals surface area contributed by atoms with E-state index in [-0.39, 0.29) is 5.60 Å². The minimum atomic E-state index is -0.423. The van der Waals surface area contributed by atoms with Gasteiger partial charge in [-0.15, -0.1) is 0 Å². The van der Waals surface area contributed by atoms with Crippen LogP contribution in [-0.4, -0.2) is 16.6 Å². The number of nitrogens with zero attached hydrogens (tertiary/aromatic N) is 1. The van der Waals surface area contributed by atoms with Crippen LogP contribution in [0.2, 0.25) is 0 Å². The van der Waals surface area contributed by atoms with Crippen LogP contribution in [-0.2, 0) is 12.8 Å². The molecule has 0 saturated carbocycles. The summed E-state index contributed by atoms with van der Waals surface area (Å²) in [6, 6.07) is 14.0. The lowest BCUT2D eigenvalue weighted by Crippen LogP contribution is -2.37. The van der Waals surface area contributed by atoms with E-state index >= 15 is 0 Å². The highest BCUT2D eigenvalue weighted by atomic mass is 16.5. The van der Waals surface area contributed by atoms with Gasteiger partial charge in [0, 0.05) is 11.8 Å². The maximum absolute atomic E-state index is 13.2. The van der Waals surface area contributed by atoms with Crippen molar-refractivity contribution in [3.8, 4) is 11.5 Å². The molecular weight excluding hydrogens is 566 g/mol. The molecule has 0 unspecified atom stereocenters. The number of aromatic nitrogens is 1. The van der Waals surface area contributed by atoms with Crippen molar-refractivity contribution in [3.05, 3.63) is 87.7 Å². The van der Waals surface area contributed by atoms with Gasteiger partial charge in [-0.25, -0.2) is 9.78 Å². The average Bonchev–Trinajstić information content (AvgIpc) is 3.02. The summed E-state index contributed by atoms with van der Waals surface area (Å²) in [5.74, 6) is 3.66. The lowest BCUT2D eigenvalue weighted by molar-refractivity contribution is 0.0508. The smallest absolute Gasteiger partial charge is 0.362 e. The summed E-state index contributed by atoms with van der Waals surface area (Å²) < 4.78 is 12.8. The van der Waals surface area contributed by atoms with E-state index < -0.39 is 5.97 Å². The lowest BCUT2D eigenvalue weighted by Gasteiger charge is -2.38. The molecule has 0 aliphatic carbocycles. The molecule has 2 aromatic carbocycles. The number of pyridine rings is 1. The first-order valence-electron chi connectivity index (χ1n) is 18.0. The monoisotopic (exact) mass is 625 g/mol. The maximum Gasteiger partial charge on any atom is 0.362 e. The van der Waals surface area contributed by atoms with Gasteiger partial charge in [0.05, 0.1) is 0 Å². The Bertz CT molecular complexity index is 1410. The van der Waals surface area contributed by atoms with Gasteiger partial charge in [-0.3, -0.25) is 0 Å². The number of rotatable bonds is 16. The van der Waals surface area contributed by atoms with Crippen LogP contribution in [0.5, 0.6) is 11.5 Å². The first kappa shape index (κ1) is 35.7. The second kappa shape index (κ2) is 16.6. The normalized spacial score (nSPS) is 17.3. The summed E-state index contributed by atoms with van der Waals surface area (Å²) in [5.41, 5.74) is 6.63. The number of carbonyl (C=O) groups excluding carboxylic acids is 1. The van der Waals surface area contributed by atoms with E-state index in [1.54, 1.807) is 12.3 Å². The predicted octanol–water partition coefficient (Wildman–Crippen LogP) is 11.3. The fourth-order valence-electron chi connectivity index (χ4n) is 7.04. The summed E-state index contributed by atoms with van der Waals surface area (Å²) in [4.78, 5) is 17.6. The molecule has 1 aliphatic heterocycles. The standard InChI is InChI=1S/C42H59NO3/c1-29(2)15-12-16-30(3)17-13-18-31(4)19-14-25-42(8)26-24-37-34(7)39(32(5)33(6)40(37)46-42)45-41(44)38-23-22-36(28-43-38)27-35-20-10-9-11-21-35/h9-11,20-23,28-31H,12-19,24-27H2,1-8H3/t30-,31-,42-/m1/s1. The van der Waals surface area contributed by atoms with Crippen LogP contribution in [0.25, 0.3) is 0 Å². The molecule has 4 nitrogen and oxygen atoms in total. The predicted molar refractivity (Wildman–Crippen MR) is 191 cm³/mol. The third kappa shape index (κ3) is 9.93. The van der Waals surface area contributed by atoms with Crippen LogP contribution in [0, 0.1) is 38.5 Å². The van der Waals surface area contributed by atoms with E-state index in [0.717, 1.165) is 71.4 Å². The van der Waals surface area contributed by atoms with Gasteiger partial charge in [-0.2, -0.15) is 0 Å². The maximum atomic E-state index is 13.2. The third-order valence-electron chi connectivity index (χ3n) is 10.3. The molecule has 1 aromatic heterocycles. The summed E-state index contributed by atoms with van der Waals surface area (Å²) in [6.07, 6.45) is 16.2. The third-order valence-corrected chi connectivity index (χ3v) is 10.3. The molecule has 0 radical (unpaired) electrons. The van der Waals surface area contributed by atoms with Crippen molar-refractivity contribution in [2.75, 3.05) is 0 Å². The summed E-state index contributed by atoms with van der Waals surface area (Å²) in [7, 11) is 0. The fraction of sp³-hybridized carbons (Fsp3) is 0.571. The Morgan fingerprint density at radius 1 is 0.826 bits per heavy atom. The van der Waals surface area contributed by atoms with Crippen molar-refractivity contribution in [2.45, 2.75) is 138 Å². The number of hydrogen-bond acceptors (Lipinski definition) is 4. The molecule has 2 heterocycles. The summed E-state index contributed by atoms with van der Waals surface area (Å²) in [6.45, 7) is 18.0. The molecule has 0 amide bonds. The summed E-state index contributed by atoms with van der Waals surface area (Å²) >= 11 is 0. The molecule has 0 N–H and O–H groups in total. The van der Waals surface area contributed by atoms with Gasteiger partial charge in [0.25, 0.3) is 0 Å². The molecule has 0 bridgehead atoms. The van der Waals surface area contributed by atoms with Crippen LogP contribution in [0.1, 0.15) is 143 Å². The lowest BCUT2D eigenvalue weighted by atomic mass is 9.83. The zero-order chi connectivity index (χ0) is 33.3. The van der Waals surface area contributed by atoms with Gasteiger partial charge in [0.15, 0.2) is 0 Å². The average molecular weight is 626 g/mol. The van der Waals surface area contributed by atoms with Gasteiger partial charge in [0.1, 0.15) is 22.8 Å². The van der Waals surface area contributed by atoms with Gasteiger partial charge in [-0.05, 0) is 111 Å². The van der Waals surface area contributed by atoms with Crippen molar-refractivity contribution in [2.24, 2.45) is 17.8 Å². The van der Waals surface area contributed by atoms with E-state index in [9.17, 15) is 4.79 Å². The molecule has 46 heavy (non-hydrogen) atoms. The Hall–Kier alpha value is -3.14. The molecule has 3 aromatic rings. The van der Waals surface area contributed by atoms with E-state index in [4.69, 9.17) is 9.47 Å². The fourth-order valence-corrected chi connectivity index (χ4v) is 7.04. The Labute approximate surface area is 279 Å². The minimum absolute atomic E-state index is 0.162. The quantitative estimate of drug-likeness (QED) is 0.117. The second-order valence-electron chi connectivity index (χ2n) is 15.0. The largest absolute Gasteiger partial charge is 0.487 e. The van der Waals surface area contributed by atoms with Crippen LogP contribution in [0.3, 0.4) is 0 Å². The Kier molecular flexibility index (Phi) is 12.9. The van der Waals surface area contributed by atoms with Crippen molar-refractivity contribution in [1.82, 2.24) is 4.98 Å². The molecule has 4 heteroatoms. The van der Waals surface area contributed by atoms with Crippen LogP contribution >= 0.6 is 0 Å². The Balaban J connectivity index is 1.29. The van der Waals surface area contributed by atoms with Gasteiger partial charge in [0.2, 0.25) is 0 Å². The van der Waals surface area contributed by atoms with E-state index in [1.165, 1.54) is 62.5 Å². The highest BCUT2D eigenvalue weighted by Gasteiger charge is 2.35. The topological polar surface area (TPSA) is 48.4 Å². The van der Waals surface area contributed by atoms with Crippen molar-refractivity contribution in [1.29, 1.82) is 0 Å². The molecular formula is C42H59NO3. The van der Waals surface area contributed by atoms with Gasteiger partial charge < -0.3 is 9.47 Å².